The van der Waals surface area contributed by atoms with E-state index in [0.717, 1.165) is 0 Å². The zero-order valence-corrected chi connectivity index (χ0v) is 10.4. The third-order valence-corrected chi connectivity index (χ3v) is 2.35. The molecule has 1 amide bonds. The lowest BCUT2D eigenvalue weighted by Gasteiger charge is -2.13. The van der Waals surface area contributed by atoms with Crippen LogP contribution in [0.4, 0.5) is 0 Å². The molecule has 6 heteroatoms. The van der Waals surface area contributed by atoms with Crippen LogP contribution in [0.3, 0.4) is 0 Å². The van der Waals surface area contributed by atoms with Crippen LogP contribution in [-0.2, 0) is 4.79 Å². The van der Waals surface area contributed by atoms with Crippen molar-refractivity contribution in [2.45, 2.75) is 13.0 Å². The number of rotatable bonds is 5. The third-order valence-electron chi connectivity index (χ3n) is 2.11. The summed E-state index contributed by atoms with van der Waals surface area (Å²) in [6.45, 7) is 1.56. The molecular weight excluding hydrogens is 240 g/mol. The Balaban J connectivity index is 3.02. The monoisotopic (exact) mass is 254 g/mol. The van der Waals surface area contributed by atoms with E-state index >= 15 is 0 Å². The average Bonchev–Trinajstić information content (AvgIpc) is 2.28. The second-order valence-electron chi connectivity index (χ2n) is 3.42. The van der Waals surface area contributed by atoms with E-state index in [4.69, 9.17) is 33.2 Å². The van der Waals surface area contributed by atoms with Gasteiger partial charge < -0.3 is 20.9 Å². The summed E-state index contributed by atoms with van der Waals surface area (Å²) in [5, 5.41) is 0. The lowest BCUT2D eigenvalue weighted by atomic mass is 10.2. The second kappa shape index (κ2) is 5.49. The number of hydrogen-bond acceptors (Lipinski definition) is 4. The van der Waals surface area contributed by atoms with Crippen LogP contribution < -0.4 is 20.9 Å². The number of thiocarbonyl (C=S) groups is 1. The summed E-state index contributed by atoms with van der Waals surface area (Å²) >= 11 is 4.87. The fourth-order valence-electron chi connectivity index (χ4n) is 1.16. The number of ether oxygens (including phenoxy) is 2. The van der Waals surface area contributed by atoms with Crippen molar-refractivity contribution in [3.63, 3.8) is 0 Å². The Morgan fingerprint density at radius 3 is 2.35 bits per heavy atom. The maximum Gasteiger partial charge on any atom is 0.258 e. The highest BCUT2D eigenvalue weighted by Gasteiger charge is 2.12. The normalized spacial score (nSPS) is 11.6. The first-order valence-electron chi connectivity index (χ1n) is 4.89. The smallest absolute Gasteiger partial charge is 0.258 e. The van der Waals surface area contributed by atoms with Gasteiger partial charge in [0.15, 0.2) is 6.10 Å². The van der Waals surface area contributed by atoms with Gasteiger partial charge in [0.05, 0.1) is 7.11 Å². The van der Waals surface area contributed by atoms with Crippen LogP contribution in [0.5, 0.6) is 11.5 Å². The molecule has 5 nitrogen and oxygen atoms in total. The quantitative estimate of drug-likeness (QED) is 0.750. The van der Waals surface area contributed by atoms with Crippen LogP contribution >= 0.6 is 12.2 Å². The Morgan fingerprint density at radius 1 is 1.29 bits per heavy atom. The van der Waals surface area contributed by atoms with Crippen molar-refractivity contribution >= 4 is 23.1 Å². The highest BCUT2D eigenvalue weighted by atomic mass is 32.1. The summed E-state index contributed by atoms with van der Waals surface area (Å²) < 4.78 is 10.4. The highest BCUT2D eigenvalue weighted by molar-refractivity contribution is 7.80. The summed E-state index contributed by atoms with van der Waals surface area (Å²) in [6.07, 6.45) is -0.735. The van der Waals surface area contributed by atoms with E-state index in [0.29, 0.717) is 17.1 Å². The van der Waals surface area contributed by atoms with Gasteiger partial charge >= 0.3 is 0 Å². The molecule has 0 bridgehead atoms. The van der Waals surface area contributed by atoms with Gasteiger partial charge in [-0.15, -0.1) is 0 Å². The van der Waals surface area contributed by atoms with E-state index in [2.05, 4.69) is 0 Å². The number of primary amides is 1. The van der Waals surface area contributed by atoms with Gasteiger partial charge in [0.1, 0.15) is 16.5 Å². The van der Waals surface area contributed by atoms with Gasteiger partial charge in [0, 0.05) is 11.6 Å². The molecule has 1 aromatic carbocycles. The minimum Gasteiger partial charge on any atom is -0.497 e. The molecule has 0 aliphatic rings. The number of carbonyl (C=O) groups is 1. The summed E-state index contributed by atoms with van der Waals surface area (Å²) in [5.41, 5.74) is 11.2. The minimum absolute atomic E-state index is 0.223. The molecule has 0 fully saturated rings. The molecule has 1 atom stereocenters. The van der Waals surface area contributed by atoms with Gasteiger partial charge in [-0.1, -0.05) is 12.2 Å². The fraction of sp³-hybridized carbons (Fsp3) is 0.273. The van der Waals surface area contributed by atoms with Crippen molar-refractivity contribution in [1.82, 2.24) is 0 Å². The van der Waals surface area contributed by atoms with Gasteiger partial charge in [0.2, 0.25) is 0 Å². The molecule has 1 rings (SSSR count). The van der Waals surface area contributed by atoms with E-state index in [1.165, 1.54) is 7.11 Å². The first kappa shape index (κ1) is 13.2. The molecule has 0 heterocycles. The van der Waals surface area contributed by atoms with Crippen LogP contribution in [0.15, 0.2) is 18.2 Å². The Bertz CT molecular complexity index is 448. The van der Waals surface area contributed by atoms with Crippen LogP contribution in [-0.4, -0.2) is 24.1 Å². The van der Waals surface area contributed by atoms with E-state index in [-0.39, 0.29) is 4.99 Å². The minimum atomic E-state index is -0.735. The molecule has 17 heavy (non-hydrogen) atoms. The van der Waals surface area contributed by atoms with Crippen molar-refractivity contribution < 1.29 is 14.3 Å². The molecule has 0 spiro atoms. The van der Waals surface area contributed by atoms with E-state index in [1.54, 1.807) is 25.1 Å². The van der Waals surface area contributed by atoms with Gasteiger partial charge in [-0.3, -0.25) is 4.79 Å². The van der Waals surface area contributed by atoms with Gasteiger partial charge in [-0.05, 0) is 19.1 Å². The van der Waals surface area contributed by atoms with Crippen LogP contribution in [0.2, 0.25) is 0 Å². The maximum absolute atomic E-state index is 10.9. The molecule has 1 aromatic rings. The first-order chi connectivity index (χ1) is 7.93. The van der Waals surface area contributed by atoms with Crippen molar-refractivity contribution in [1.29, 1.82) is 0 Å². The molecule has 0 radical (unpaired) electrons. The van der Waals surface area contributed by atoms with E-state index < -0.39 is 12.0 Å². The van der Waals surface area contributed by atoms with Crippen molar-refractivity contribution in [2.75, 3.05) is 7.11 Å². The topological polar surface area (TPSA) is 87.6 Å². The molecule has 92 valence electrons. The Morgan fingerprint density at radius 2 is 1.88 bits per heavy atom. The second-order valence-corrected chi connectivity index (χ2v) is 3.86. The fourth-order valence-corrected chi connectivity index (χ4v) is 1.28. The molecule has 1 unspecified atom stereocenters. The average molecular weight is 254 g/mol. The van der Waals surface area contributed by atoms with Crippen molar-refractivity contribution in [3.05, 3.63) is 23.8 Å². The Hall–Kier alpha value is -1.82. The predicted molar refractivity (Wildman–Crippen MR) is 68.2 cm³/mol. The lowest BCUT2D eigenvalue weighted by molar-refractivity contribution is -0.123. The molecule has 0 saturated carbocycles. The molecule has 0 aliphatic carbocycles. The molecule has 4 N–H and O–H groups in total. The molecule has 0 saturated heterocycles. The lowest BCUT2D eigenvalue weighted by Crippen LogP contribution is -2.30. The molecule has 0 aromatic heterocycles. The largest absolute Gasteiger partial charge is 0.497 e. The van der Waals surface area contributed by atoms with Crippen LogP contribution in [0.1, 0.15) is 12.5 Å². The first-order valence-corrected chi connectivity index (χ1v) is 5.29. The summed E-state index contributed by atoms with van der Waals surface area (Å²) in [5.74, 6) is 0.421. The summed E-state index contributed by atoms with van der Waals surface area (Å²) in [7, 11) is 1.51. The van der Waals surface area contributed by atoms with Crippen molar-refractivity contribution in [3.8, 4) is 11.5 Å². The maximum atomic E-state index is 10.9. The Kier molecular flexibility index (Phi) is 4.28. The van der Waals surface area contributed by atoms with Crippen LogP contribution in [0.25, 0.3) is 0 Å². The number of carbonyl (C=O) groups excluding carboxylic acids is 1. The number of nitrogens with two attached hydrogens (primary N) is 2. The zero-order valence-electron chi connectivity index (χ0n) is 9.60. The van der Waals surface area contributed by atoms with Crippen LogP contribution in [0, 0.1) is 0 Å². The molecule has 0 aliphatic heterocycles. The van der Waals surface area contributed by atoms with E-state index in [1.807, 2.05) is 0 Å². The highest BCUT2D eigenvalue weighted by Crippen LogP contribution is 2.23. The standard InChI is InChI=1S/C11H14N2O3S/c1-6(10(12)14)16-9-4-7(11(13)17)3-8(5-9)15-2/h3-6H,1-2H3,(H2,12,14)(H2,13,17). The summed E-state index contributed by atoms with van der Waals surface area (Å²) in [6, 6.07) is 4.94. The van der Waals surface area contributed by atoms with Gasteiger partial charge in [0.25, 0.3) is 5.91 Å². The van der Waals surface area contributed by atoms with Gasteiger partial charge in [-0.25, -0.2) is 0 Å². The van der Waals surface area contributed by atoms with Gasteiger partial charge in [-0.2, -0.15) is 0 Å². The SMILES string of the molecule is COc1cc(OC(C)C(N)=O)cc(C(N)=S)c1. The van der Waals surface area contributed by atoms with E-state index in [9.17, 15) is 4.79 Å². The zero-order chi connectivity index (χ0) is 13.0. The molecular formula is C11H14N2O3S. The van der Waals surface area contributed by atoms with Crippen molar-refractivity contribution in [2.24, 2.45) is 11.5 Å². The number of benzene rings is 1. The summed E-state index contributed by atoms with van der Waals surface area (Å²) in [4.78, 5) is 11.1. The predicted octanol–water partition coefficient (Wildman–Crippen LogP) is 0.582. The Labute approximate surface area is 105 Å². The number of methoxy groups -OCH3 is 1. The number of hydrogen-bond donors (Lipinski definition) is 2. The number of amides is 1. The third kappa shape index (κ3) is 3.60.